The summed E-state index contributed by atoms with van der Waals surface area (Å²) in [6.45, 7) is 4.57. The first-order valence-corrected chi connectivity index (χ1v) is 7.92. The van der Waals surface area contributed by atoms with Crippen molar-refractivity contribution in [3.63, 3.8) is 0 Å². The smallest absolute Gasteiger partial charge is 0.319 e. The van der Waals surface area contributed by atoms with Crippen LogP contribution in [0.5, 0.6) is 0 Å². The summed E-state index contributed by atoms with van der Waals surface area (Å²) in [4.78, 5) is 12.2. The Labute approximate surface area is 136 Å². The number of para-hydroxylation sites is 1. The van der Waals surface area contributed by atoms with Crippen LogP contribution in [0.2, 0.25) is 5.02 Å². The Balaban J connectivity index is 2.05. The molecule has 0 aliphatic carbocycles. The van der Waals surface area contributed by atoms with Crippen LogP contribution in [0.15, 0.2) is 42.5 Å². The number of nitrogens with one attached hydrogen (secondary N) is 2. The molecule has 2 aromatic rings. The normalized spacial score (nSPS) is 10.3. The number of anilines is 1. The molecule has 0 saturated carbocycles. The van der Waals surface area contributed by atoms with E-state index < -0.39 is 0 Å². The lowest BCUT2D eigenvalue weighted by atomic mass is 10.0. The Morgan fingerprint density at radius 2 is 1.55 bits per heavy atom. The molecule has 0 heterocycles. The average molecular weight is 317 g/mol. The lowest BCUT2D eigenvalue weighted by Crippen LogP contribution is -2.29. The first kappa shape index (κ1) is 16.4. The fourth-order valence-corrected chi connectivity index (χ4v) is 2.58. The highest BCUT2D eigenvalue weighted by Gasteiger charge is 2.10. The molecule has 0 spiro atoms. The molecule has 2 aromatic carbocycles. The van der Waals surface area contributed by atoms with Crippen LogP contribution in [0.3, 0.4) is 0 Å². The van der Waals surface area contributed by atoms with Crippen LogP contribution >= 0.6 is 11.6 Å². The van der Waals surface area contributed by atoms with Crippen LogP contribution in [0, 0.1) is 0 Å². The lowest BCUT2D eigenvalue weighted by Gasteiger charge is -2.15. The zero-order chi connectivity index (χ0) is 15.9. The lowest BCUT2D eigenvalue weighted by molar-refractivity contribution is 0.251. The van der Waals surface area contributed by atoms with E-state index >= 15 is 0 Å². The Bertz CT molecular complexity index is 633. The van der Waals surface area contributed by atoms with Crippen LogP contribution in [0.4, 0.5) is 10.5 Å². The van der Waals surface area contributed by atoms with Crippen molar-refractivity contribution < 1.29 is 4.79 Å². The fourth-order valence-electron chi connectivity index (χ4n) is 2.38. The van der Waals surface area contributed by atoms with Gasteiger partial charge in [-0.3, -0.25) is 0 Å². The number of amides is 2. The zero-order valence-corrected chi connectivity index (χ0v) is 13.7. The summed E-state index contributed by atoms with van der Waals surface area (Å²) in [7, 11) is 0. The molecule has 2 N–H and O–H groups in total. The Hall–Kier alpha value is -2.00. The maximum atomic E-state index is 12.2. The topological polar surface area (TPSA) is 41.1 Å². The number of rotatable bonds is 5. The quantitative estimate of drug-likeness (QED) is 0.818. The number of halogens is 1. The monoisotopic (exact) mass is 316 g/mol. The Morgan fingerprint density at radius 1 is 0.955 bits per heavy atom. The van der Waals surface area contributed by atoms with Crippen molar-refractivity contribution in [3.8, 4) is 0 Å². The van der Waals surface area contributed by atoms with Gasteiger partial charge in [-0.15, -0.1) is 0 Å². The van der Waals surface area contributed by atoms with E-state index in [1.807, 2.05) is 42.5 Å². The summed E-state index contributed by atoms with van der Waals surface area (Å²) < 4.78 is 0. The summed E-state index contributed by atoms with van der Waals surface area (Å²) >= 11 is 6.09. The highest BCUT2D eigenvalue weighted by Crippen LogP contribution is 2.22. The number of benzene rings is 2. The molecule has 2 amide bonds. The van der Waals surface area contributed by atoms with Crippen molar-refractivity contribution in [1.82, 2.24) is 5.32 Å². The van der Waals surface area contributed by atoms with E-state index in [2.05, 4.69) is 24.5 Å². The molecule has 2 rings (SSSR count). The molecule has 0 aromatic heterocycles. The van der Waals surface area contributed by atoms with Gasteiger partial charge >= 0.3 is 6.03 Å². The van der Waals surface area contributed by atoms with Crippen molar-refractivity contribution in [3.05, 3.63) is 64.2 Å². The van der Waals surface area contributed by atoms with Crippen LogP contribution in [0.25, 0.3) is 0 Å². The second kappa shape index (κ2) is 7.85. The number of hydrogen-bond donors (Lipinski definition) is 2. The van der Waals surface area contributed by atoms with Crippen LogP contribution in [-0.4, -0.2) is 6.03 Å². The van der Waals surface area contributed by atoms with Gasteiger partial charge in [0.25, 0.3) is 0 Å². The Morgan fingerprint density at radius 3 is 2.14 bits per heavy atom. The molecule has 0 saturated heterocycles. The summed E-state index contributed by atoms with van der Waals surface area (Å²) in [6, 6.07) is 13.4. The van der Waals surface area contributed by atoms with Crippen molar-refractivity contribution in [2.45, 2.75) is 33.2 Å². The number of carbonyl (C=O) groups excluding carboxylic acids is 1. The van der Waals surface area contributed by atoms with E-state index in [0.29, 0.717) is 11.6 Å². The third-order valence-electron chi connectivity index (χ3n) is 3.63. The van der Waals surface area contributed by atoms with E-state index in [1.54, 1.807) is 0 Å². The zero-order valence-electron chi connectivity index (χ0n) is 12.9. The largest absolute Gasteiger partial charge is 0.334 e. The van der Waals surface area contributed by atoms with Gasteiger partial charge in [0.05, 0.1) is 0 Å². The first-order valence-electron chi connectivity index (χ1n) is 7.54. The van der Waals surface area contributed by atoms with Gasteiger partial charge in [-0.25, -0.2) is 4.79 Å². The van der Waals surface area contributed by atoms with E-state index in [9.17, 15) is 4.79 Å². The van der Waals surface area contributed by atoms with Crippen molar-refractivity contribution in [2.75, 3.05) is 5.32 Å². The van der Waals surface area contributed by atoms with E-state index in [4.69, 9.17) is 11.6 Å². The van der Waals surface area contributed by atoms with Crippen molar-refractivity contribution in [2.24, 2.45) is 0 Å². The number of aryl methyl sites for hydroxylation is 2. The summed E-state index contributed by atoms with van der Waals surface area (Å²) in [5.41, 5.74) is 4.11. The second-order valence-electron chi connectivity index (χ2n) is 5.06. The minimum absolute atomic E-state index is 0.212. The molecular formula is C18H21ClN2O. The van der Waals surface area contributed by atoms with Crippen molar-refractivity contribution in [1.29, 1.82) is 0 Å². The minimum Gasteiger partial charge on any atom is -0.334 e. The molecule has 4 heteroatoms. The minimum atomic E-state index is -0.212. The first-order chi connectivity index (χ1) is 10.7. The average Bonchev–Trinajstić information content (AvgIpc) is 2.54. The molecule has 0 aliphatic heterocycles. The van der Waals surface area contributed by atoms with Gasteiger partial charge in [0.15, 0.2) is 0 Å². The second-order valence-corrected chi connectivity index (χ2v) is 5.46. The molecular weight excluding hydrogens is 296 g/mol. The van der Waals surface area contributed by atoms with Crippen LogP contribution in [-0.2, 0) is 19.4 Å². The number of urea groups is 1. The van der Waals surface area contributed by atoms with E-state index in [1.165, 1.54) is 0 Å². The highest BCUT2D eigenvalue weighted by molar-refractivity contribution is 6.31. The van der Waals surface area contributed by atoms with Gasteiger partial charge in [0, 0.05) is 17.3 Å². The third kappa shape index (κ3) is 4.01. The van der Waals surface area contributed by atoms with Gasteiger partial charge in [-0.2, -0.15) is 0 Å². The summed E-state index contributed by atoms with van der Waals surface area (Å²) in [5, 5.41) is 6.49. The molecule has 0 radical (unpaired) electrons. The van der Waals surface area contributed by atoms with Gasteiger partial charge in [-0.1, -0.05) is 61.8 Å². The fraction of sp³-hybridized carbons (Fsp3) is 0.278. The van der Waals surface area contributed by atoms with Gasteiger partial charge < -0.3 is 10.6 Å². The summed E-state index contributed by atoms with van der Waals surface area (Å²) in [5.74, 6) is 0. The third-order valence-corrected chi connectivity index (χ3v) is 4.00. The molecule has 0 bridgehead atoms. The van der Waals surface area contributed by atoms with Crippen molar-refractivity contribution >= 4 is 23.3 Å². The van der Waals surface area contributed by atoms with Crippen LogP contribution < -0.4 is 10.6 Å². The van der Waals surface area contributed by atoms with E-state index in [0.717, 1.165) is 35.2 Å². The molecule has 3 nitrogen and oxygen atoms in total. The predicted molar refractivity (Wildman–Crippen MR) is 92.5 cm³/mol. The standard InChI is InChI=1S/C18H21ClN2O/c1-3-13-9-7-10-14(4-2)17(13)21-18(22)20-12-15-8-5-6-11-16(15)19/h5-11H,3-4,12H2,1-2H3,(H2,20,21,22). The van der Waals surface area contributed by atoms with Gasteiger partial charge in [-0.05, 0) is 35.6 Å². The summed E-state index contributed by atoms with van der Waals surface area (Å²) in [6.07, 6.45) is 1.77. The maximum absolute atomic E-state index is 12.2. The molecule has 116 valence electrons. The molecule has 0 aliphatic rings. The molecule has 0 unspecified atom stereocenters. The van der Waals surface area contributed by atoms with Gasteiger partial charge in [0.2, 0.25) is 0 Å². The Kier molecular flexibility index (Phi) is 5.84. The number of carbonyl (C=O) groups is 1. The molecule has 22 heavy (non-hydrogen) atoms. The molecule has 0 atom stereocenters. The number of hydrogen-bond acceptors (Lipinski definition) is 1. The van der Waals surface area contributed by atoms with E-state index in [-0.39, 0.29) is 6.03 Å². The van der Waals surface area contributed by atoms with Crippen LogP contribution in [0.1, 0.15) is 30.5 Å². The maximum Gasteiger partial charge on any atom is 0.319 e. The molecule has 0 fully saturated rings. The van der Waals surface area contributed by atoms with Gasteiger partial charge in [0.1, 0.15) is 0 Å². The SMILES string of the molecule is CCc1cccc(CC)c1NC(=O)NCc1ccccc1Cl. The predicted octanol–water partition coefficient (Wildman–Crippen LogP) is 4.79. The highest BCUT2D eigenvalue weighted by atomic mass is 35.5.